The maximum Gasteiger partial charge on any atom is 0.243 e. The Labute approximate surface area is 116 Å². The van der Waals surface area contributed by atoms with E-state index in [1.165, 1.54) is 4.31 Å². The molecule has 19 heavy (non-hydrogen) atoms. The second-order valence-corrected chi connectivity index (χ2v) is 7.09. The van der Waals surface area contributed by atoms with E-state index in [-0.39, 0.29) is 12.0 Å². The van der Waals surface area contributed by atoms with E-state index in [0.717, 1.165) is 5.56 Å². The highest BCUT2D eigenvalue weighted by Gasteiger charge is 2.23. The Balaban J connectivity index is 3.12. The minimum atomic E-state index is -3.40. The summed E-state index contributed by atoms with van der Waals surface area (Å²) in [6, 6.07) is 6.76. The molecule has 0 saturated carbocycles. The molecule has 0 aromatic heterocycles. The van der Waals surface area contributed by atoms with Crippen LogP contribution in [0.1, 0.15) is 33.3 Å². The van der Waals surface area contributed by atoms with E-state index in [4.69, 9.17) is 0 Å². The Hall–Kier alpha value is -0.910. The number of benzene rings is 1. The minimum Gasteiger partial charge on any atom is -0.395 e. The maximum absolute atomic E-state index is 12.3. The van der Waals surface area contributed by atoms with Crippen molar-refractivity contribution in [2.45, 2.75) is 38.0 Å². The summed E-state index contributed by atoms with van der Waals surface area (Å²) in [6.07, 6.45) is 0. The normalized spacial score (nSPS) is 12.9. The first kappa shape index (κ1) is 16.1. The van der Waals surface area contributed by atoms with Gasteiger partial charge in [0.25, 0.3) is 0 Å². The summed E-state index contributed by atoms with van der Waals surface area (Å²) in [6.45, 7) is 8.43. The van der Waals surface area contributed by atoms with E-state index < -0.39 is 10.0 Å². The molecule has 0 saturated heterocycles. The molecule has 0 aliphatic carbocycles. The first-order valence-electron chi connectivity index (χ1n) is 6.51. The van der Waals surface area contributed by atoms with Crippen LogP contribution in [0.25, 0.3) is 0 Å². The fourth-order valence-corrected chi connectivity index (χ4v) is 3.34. The van der Waals surface area contributed by atoms with Crippen LogP contribution in [0.2, 0.25) is 0 Å². The predicted molar refractivity (Wildman–Crippen MR) is 76.7 cm³/mol. The highest BCUT2D eigenvalue weighted by Crippen LogP contribution is 2.24. The molecule has 4 nitrogen and oxygen atoms in total. The van der Waals surface area contributed by atoms with Crippen LogP contribution in [0.4, 0.5) is 0 Å². The molecule has 5 heteroatoms. The van der Waals surface area contributed by atoms with Crippen LogP contribution in [0, 0.1) is 0 Å². The van der Waals surface area contributed by atoms with Crippen LogP contribution in [-0.2, 0) is 15.4 Å². The fourth-order valence-electron chi connectivity index (χ4n) is 1.88. The van der Waals surface area contributed by atoms with Crippen molar-refractivity contribution in [3.05, 3.63) is 29.8 Å². The molecular formula is C14H23NO3S. The SMILES string of the molecule is CCN(CC)S(=O)(=O)c1ccc(C(C)(C)CO)cc1. The Morgan fingerprint density at radius 3 is 1.95 bits per heavy atom. The summed E-state index contributed by atoms with van der Waals surface area (Å²) >= 11 is 0. The van der Waals surface area contributed by atoms with E-state index in [1.807, 2.05) is 27.7 Å². The predicted octanol–water partition coefficient (Wildman–Crippen LogP) is 1.99. The van der Waals surface area contributed by atoms with E-state index >= 15 is 0 Å². The van der Waals surface area contributed by atoms with Crippen LogP contribution in [0.5, 0.6) is 0 Å². The van der Waals surface area contributed by atoms with Gasteiger partial charge in [-0.1, -0.05) is 39.8 Å². The smallest absolute Gasteiger partial charge is 0.243 e. The van der Waals surface area contributed by atoms with Gasteiger partial charge in [-0.3, -0.25) is 0 Å². The average Bonchev–Trinajstić information content (AvgIpc) is 2.40. The van der Waals surface area contributed by atoms with E-state index in [2.05, 4.69) is 0 Å². The molecule has 0 atom stereocenters. The molecule has 108 valence electrons. The highest BCUT2D eigenvalue weighted by atomic mass is 32.2. The number of hydrogen-bond acceptors (Lipinski definition) is 3. The molecule has 1 rings (SSSR count). The van der Waals surface area contributed by atoms with E-state index in [0.29, 0.717) is 18.0 Å². The lowest BCUT2D eigenvalue weighted by Crippen LogP contribution is -2.30. The second-order valence-electron chi connectivity index (χ2n) is 5.16. The van der Waals surface area contributed by atoms with Crippen LogP contribution in [-0.4, -0.2) is 37.5 Å². The molecule has 1 aromatic carbocycles. The van der Waals surface area contributed by atoms with Gasteiger partial charge in [0, 0.05) is 18.5 Å². The van der Waals surface area contributed by atoms with Crippen molar-refractivity contribution in [2.75, 3.05) is 19.7 Å². The second kappa shape index (κ2) is 6.03. The first-order valence-corrected chi connectivity index (χ1v) is 7.95. The van der Waals surface area contributed by atoms with Crippen molar-refractivity contribution in [3.8, 4) is 0 Å². The molecule has 0 spiro atoms. The quantitative estimate of drug-likeness (QED) is 0.869. The summed E-state index contributed by atoms with van der Waals surface area (Å²) in [5.74, 6) is 0. The third-order valence-electron chi connectivity index (χ3n) is 3.37. The van der Waals surface area contributed by atoms with Gasteiger partial charge in [0.15, 0.2) is 0 Å². The molecule has 1 aromatic rings. The summed E-state index contributed by atoms with van der Waals surface area (Å²) in [4.78, 5) is 0.300. The Morgan fingerprint density at radius 2 is 1.58 bits per heavy atom. The first-order chi connectivity index (χ1) is 8.79. The molecule has 0 radical (unpaired) electrons. The number of aliphatic hydroxyl groups is 1. The molecule has 1 N–H and O–H groups in total. The van der Waals surface area contributed by atoms with Crippen molar-refractivity contribution in [3.63, 3.8) is 0 Å². The third-order valence-corrected chi connectivity index (χ3v) is 5.44. The van der Waals surface area contributed by atoms with Gasteiger partial charge in [-0.15, -0.1) is 0 Å². The van der Waals surface area contributed by atoms with Gasteiger partial charge in [0.05, 0.1) is 11.5 Å². The largest absolute Gasteiger partial charge is 0.395 e. The van der Waals surface area contributed by atoms with Crippen molar-refractivity contribution < 1.29 is 13.5 Å². The molecule has 0 heterocycles. The average molecular weight is 285 g/mol. The molecular weight excluding hydrogens is 262 g/mol. The summed E-state index contributed by atoms with van der Waals surface area (Å²) in [5, 5.41) is 9.31. The minimum absolute atomic E-state index is 0.0230. The van der Waals surface area contributed by atoms with Crippen molar-refractivity contribution in [2.24, 2.45) is 0 Å². The molecule has 0 aliphatic rings. The summed E-state index contributed by atoms with van der Waals surface area (Å²) < 4.78 is 26.0. The monoisotopic (exact) mass is 285 g/mol. The van der Waals surface area contributed by atoms with Gasteiger partial charge in [-0.25, -0.2) is 8.42 Å². The number of aliphatic hydroxyl groups excluding tert-OH is 1. The van der Waals surface area contributed by atoms with Crippen molar-refractivity contribution in [1.29, 1.82) is 0 Å². The summed E-state index contributed by atoms with van der Waals surface area (Å²) in [5.41, 5.74) is 0.561. The topological polar surface area (TPSA) is 57.6 Å². The zero-order valence-electron chi connectivity index (χ0n) is 12.0. The fraction of sp³-hybridized carbons (Fsp3) is 0.571. The number of hydrogen-bond donors (Lipinski definition) is 1. The maximum atomic E-state index is 12.3. The molecule has 0 aliphatic heterocycles. The van der Waals surface area contributed by atoms with E-state index in [1.54, 1.807) is 24.3 Å². The number of rotatable bonds is 6. The van der Waals surface area contributed by atoms with Gasteiger partial charge < -0.3 is 5.11 Å². The van der Waals surface area contributed by atoms with Gasteiger partial charge in [0.2, 0.25) is 10.0 Å². The zero-order chi connectivity index (χ0) is 14.7. The van der Waals surface area contributed by atoms with Crippen LogP contribution in [0.3, 0.4) is 0 Å². The summed E-state index contributed by atoms with van der Waals surface area (Å²) in [7, 11) is -3.40. The lowest BCUT2D eigenvalue weighted by molar-refractivity contribution is 0.218. The molecule has 0 unspecified atom stereocenters. The van der Waals surface area contributed by atoms with Crippen molar-refractivity contribution >= 4 is 10.0 Å². The van der Waals surface area contributed by atoms with Gasteiger partial charge in [0.1, 0.15) is 0 Å². The van der Waals surface area contributed by atoms with Crippen molar-refractivity contribution in [1.82, 2.24) is 4.31 Å². The Morgan fingerprint density at radius 1 is 1.11 bits per heavy atom. The van der Waals surface area contributed by atoms with Gasteiger partial charge >= 0.3 is 0 Å². The zero-order valence-corrected chi connectivity index (χ0v) is 12.9. The van der Waals surface area contributed by atoms with Crippen LogP contribution < -0.4 is 0 Å². The molecule has 0 fully saturated rings. The lowest BCUT2D eigenvalue weighted by atomic mass is 9.86. The molecule has 0 amide bonds. The molecule has 0 bridgehead atoms. The highest BCUT2D eigenvalue weighted by molar-refractivity contribution is 7.89. The van der Waals surface area contributed by atoms with Crippen LogP contribution >= 0.6 is 0 Å². The Bertz CT molecular complexity index is 502. The van der Waals surface area contributed by atoms with Crippen LogP contribution in [0.15, 0.2) is 29.2 Å². The number of sulfonamides is 1. The van der Waals surface area contributed by atoms with E-state index in [9.17, 15) is 13.5 Å². The Kier molecular flexibility index (Phi) is 5.12. The number of nitrogens with zero attached hydrogens (tertiary/aromatic N) is 1. The van der Waals surface area contributed by atoms with Gasteiger partial charge in [-0.05, 0) is 17.7 Å². The van der Waals surface area contributed by atoms with Gasteiger partial charge in [-0.2, -0.15) is 4.31 Å². The lowest BCUT2D eigenvalue weighted by Gasteiger charge is -2.23. The third kappa shape index (κ3) is 3.35. The standard InChI is InChI=1S/C14H23NO3S/c1-5-15(6-2)19(17,18)13-9-7-12(8-10-13)14(3,4)11-16/h7-10,16H,5-6,11H2,1-4H3.